The average Bonchev–Trinajstić information content (AvgIpc) is 2.89. The minimum Gasteiger partial charge on any atom is -0.306 e. The topological polar surface area (TPSA) is 142 Å². The van der Waals surface area contributed by atoms with Gasteiger partial charge in [0.15, 0.2) is 0 Å². The van der Waals surface area contributed by atoms with E-state index in [0.29, 0.717) is 0 Å². The zero-order valence-electron chi connectivity index (χ0n) is 18.6. The molecule has 4 aromatic rings. The Morgan fingerprint density at radius 2 is 0.639 bits per heavy atom. The quantitative estimate of drug-likeness (QED) is 0.303. The Kier molecular flexibility index (Phi) is 5.90. The van der Waals surface area contributed by atoms with Gasteiger partial charge in [-0.15, -0.1) is 0 Å². The highest BCUT2D eigenvalue weighted by Gasteiger charge is 2.15. The van der Waals surface area contributed by atoms with Crippen molar-refractivity contribution in [2.24, 2.45) is 0 Å². The van der Waals surface area contributed by atoms with Gasteiger partial charge in [0.1, 0.15) is 23.3 Å². The smallest absolute Gasteiger partial charge is 0.256 e. The van der Waals surface area contributed by atoms with Crippen molar-refractivity contribution < 1.29 is 19.2 Å². The molecule has 4 N–H and O–H groups in total. The van der Waals surface area contributed by atoms with Gasteiger partial charge >= 0.3 is 0 Å². The number of amides is 4. The summed E-state index contributed by atoms with van der Waals surface area (Å²) in [6, 6.07) is 21.8. The summed E-state index contributed by atoms with van der Waals surface area (Å²) in [5, 5.41) is 10.6. The fourth-order valence-electron chi connectivity index (χ4n) is 3.51. The SMILES string of the molecule is O=C1Nc2cccc(n2)NC(=O)c2cccc(c2)C(=O)Nc2cccc(n2)NC(=O)c2cccc1c2. The van der Waals surface area contributed by atoms with Crippen LogP contribution in [0, 0.1) is 0 Å². The standard InChI is InChI=1S/C26H18N6O4/c33-23-15-5-1-6-16(13-15)24(34)30-20-10-4-12-22(28-20)32-26(36)18-8-2-7-17(14-18)25(35)31-21-11-3-9-19(27-21)29-23/h1-14H,(H2,27,29,31,33,35)(H2,28,30,32,34,36). The lowest BCUT2D eigenvalue weighted by atomic mass is 10.1. The Labute approximate surface area is 204 Å². The van der Waals surface area contributed by atoms with Crippen LogP contribution < -0.4 is 21.3 Å². The van der Waals surface area contributed by atoms with E-state index in [2.05, 4.69) is 31.2 Å². The van der Waals surface area contributed by atoms with Gasteiger partial charge in [-0.05, 0) is 60.7 Å². The number of nitrogens with one attached hydrogen (secondary N) is 4. The number of carbonyl (C=O) groups excluding carboxylic acids is 4. The van der Waals surface area contributed by atoms with E-state index < -0.39 is 23.6 Å². The molecule has 0 saturated carbocycles. The summed E-state index contributed by atoms with van der Waals surface area (Å²) in [7, 11) is 0. The first-order chi connectivity index (χ1) is 17.4. The number of benzene rings is 2. The van der Waals surface area contributed by atoms with Crippen LogP contribution in [0.3, 0.4) is 0 Å². The van der Waals surface area contributed by atoms with E-state index in [1.54, 1.807) is 72.8 Å². The lowest BCUT2D eigenvalue weighted by Gasteiger charge is -2.11. The van der Waals surface area contributed by atoms with Gasteiger partial charge in [0, 0.05) is 22.3 Å². The number of hydrogen-bond acceptors (Lipinski definition) is 6. The Bertz CT molecular complexity index is 1320. The molecule has 4 amide bonds. The van der Waals surface area contributed by atoms with Crippen molar-refractivity contribution in [2.75, 3.05) is 21.3 Å². The molecule has 1 aliphatic heterocycles. The number of anilines is 4. The van der Waals surface area contributed by atoms with Crippen LogP contribution in [0.2, 0.25) is 0 Å². The molecule has 0 aliphatic carbocycles. The summed E-state index contributed by atoms with van der Waals surface area (Å²) in [6.45, 7) is 0. The summed E-state index contributed by atoms with van der Waals surface area (Å²) in [5.41, 5.74) is 0.941. The van der Waals surface area contributed by atoms with Crippen molar-refractivity contribution in [1.82, 2.24) is 9.97 Å². The number of fused-ring (bicyclic) bond motifs is 8. The molecule has 2 aromatic carbocycles. The molecule has 0 spiro atoms. The van der Waals surface area contributed by atoms with Crippen LogP contribution in [0.1, 0.15) is 41.4 Å². The average molecular weight is 478 g/mol. The van der Waals surface area contributed by atoms with Gasteiger partial charge in [0.2, 0.25) is 0 Å². The second-order valence-corrected chi connectivity index (χ2v) is 7.79. The minimum atomic E-state index is -0.481. The molecule has 0 fully saturated rings. The Balaban J connectivity index is 1.54. The molecular weight excluding hydrogens is 460 g/mol. The summed E-state index contributed by atoms with van der Waals surface area (Å²) in [5.74, 6) is -1.10. The fraction of sp³-hybridized carbons (Fsp3) is 0. The molecule has 0 saturated heterocycles. The van der Waals surface area contributed by atoms with Crippen molar-refractivity contribution in [2.45, 2.75) is 0 Å². The number of nitrogens with zero attached hydrogens (tertiary/aromatic N) is 2. The maximum Gasteiger partial charge on any atom is 0.256 e. The highest BCUT2D eigenvalue weighted by molar-refractivity contribution is 6.10. The molecule has 0 radical (unpaired) electrons. The van der Waals surface area contributed by atoms with Crippen LogP contribution in [0.5, 0.6) is 0 Å². The third-order valence-electron chi connectivity index (χ3n) is 5.24. The summed E-state index contributed by atoms with van der Waals surface area (Å²) in [6.07, 6.45) is 0. The van der Waals surface area contributed by atoms with Crippen molar-refractivity contribution in [3.8, 4) is 0 Å². The first-order valence-corrected chi connectivity index (χ1v) is 10.8. The van der Waals surface area contributed by atoms with Gasteiger partial charge in [0.25, 0.3) is 23.6 Å². The number of hydrogen-bond donors (Lipinski definition) is 4. The van der Waals surface area contributed by atoms with Gasteiger partial charge in [-0.3, -0.25) is 19.2 Å². The molecule has 3 heterocycles. The van der Waals surface area contributed by atoms with Crippen molar-refractivity contribution >= 4 is 46.9 Å². The number of rotatable bonds is 0. The minimum absolute atomic E-state index is 0.205. The molecule has 8 bridgehead atoms. The summed E-state index contributed by atoms with van der Waals surface area (Å²) in [4.78, 5) is 59.7. The van der Waals surface area contributed by atoms with Gasteiger partial charge in [-0.2, -0.15) is 0 Å². The first kappa shape index (κ1) is 22.4. The van der Waals surface area contributed by atoms with E-state index in [0.717, 1.165) is 0 Å². The molecule has 0 atom stereocenters. The van der Waals surface area contributed by atoms with E-state index in [1.807, 2.05) is 0 Å². The molecule has 2 aromatic heterocycles. The van der Waals surface area contributed by atoms with Crippen LogP contribution in [0.25, 0.3) is 0 Å². The van der Waals surface area contributed by atoms with Crippen LogP contribution in [0.4, 0.5) is 23.3 Å². The van der Waals surface area contributed by atoms with Crippen LogP contribution in [0.15, 0.2) is 84.9 Å². The van der Waals surface area contributed by atoms with E-state index >= 15 is 0 Å². The lowest BCUT2D eigenvalue weighted by molar-refractivity contribution is 0.101. The van der Waals surface area contributed by atoms with E-state index in [4.69, 9.17) is 0 Å². The van der Waals surface area contributed by atoms with Crippen LogP contribution in [-0.4, -0.2) is 33.6 Å². The third-order valence-corrected chi connectivity index (χ3v) is 5.24. The molecule has 36 heavy (non-hydrogen) atoms. The summed E-state index contributed by atoms with van der Waals surface area (Å²) >= 11 is 0. The van der Waals surface area contributed by atoms with E-state index in [9.17, 15) is 19.2 Å². The highest BCUT2D eigenvalue weighted by Crippen LogP contribution is 2.17. The van der Waals surface area contributed by atoms with Crippen molar-refractivity contribution in [1.29, 1.82) is 0 Å². The number of carbonyl (C=O) groups is 4. The largest absolute Gasteiger partial charge is 0.306 e. The number of pyridine rings is 2. The Morgan fingerprint density at radius 3 is 0.917 bits per heavy atom. The van der Waals surface area contributed by atoms with Crippen LogP contribution in [-0.2, 0) is 0 Å². The lowest BCUT2D eigenvalue weighted by Crippen LogP contribution is -2.19. The fourth-order valence-corrected chi connectivity index (χ4v) is 3.51. The predicted octanol–water partition coefficient (Wildman–Crippen LogP) is 3.80. The monoisotopic (exact) mass is 478 g/mol. The van der Waals surface area contributed by atoms with Crippen LogP contribution >= 0.6 is 0 Å². The van der Waals surface area contributed by atoms with Gasteiger partial charge in [0.05, 0.1) is 0 Å². The highest BCUT2D eigenvalue weighted by atomic mass is 16.2. The molecule has 10 heteroatoms. The Morgan fingerprint density at radius 1 is 0.389 bits per heavy atom. The third kappa shape index (κ3) is 4.92. The second kappa shape index (κ2) is 9.47. The molecular formula is C26H18N6O4. The maximum absolute atomic E-state index is 12.8. The zero-order valence-corrected chi connectivity index (χ0v) is 18.6. The van der Waals surface area contributed by atoms with Gasteiger partial charge in [-0.25, -0.2) is 9.97 Å². The van der Waals surface area contributed by atoms with Crippen molar-refractivity contribution in [3.63, 3.8) is 0 Å². The van der Waals surface area contributed by atoms with E-state index in [-0.39, 0.29) is 45.5 Å². The second-order valence-electron chi connectivity index (χ2n) is 7.79. The number of aromatic nitrogens is 2. The molecule has 0 unspecified atom stereocenters. The maximum atomic E-state index is 12.8. The van der Waals surface area contributed by atoms with E-state index in [1.165, 1.54) is 12.1 Å². The predicted molar refractivity (Wildman–Crippen MR) is 133 cm³/mol. The summed E-state index contributed by atoms with van der Waals surface area (Å²) < 4.78 is 0. The molecule has 5 rings (SSSR count). The zero-order chi connectivity index (χ0) is 25.1. The van der Waals surface area contributed by atoms with Gasteiger partial charge in [-0.1, -0.05) is 24.3 Å². The molecule has 176 valence electrons. The van der Waals surface area contributed by atoms with Crippen molar-refractivity contribution in [3.05, 3.63) is 107 Å². The molecule has 1 aliphatic rings. The Hall–Kier alpha value is -5.38. The first-order valence-electron chi connectivity index (χ1n) is 10.8. The normalized spacial score (nSPS) is 13.6. The van der Waals surface area contributed by atoms with Gasteiger partial charge < -0.3 is 21.3 Å². The molecule has 10 nitrogen and oxygen atoms in total.